The van der Waals surface area contributed by atoms with Crippen LogP contribution in [0.25, 0.3) is 5.65 Å². The minimum atomic E-state index is -0.111. The van der Waals surface area contributed by atoms with Gasteiger partial charge in [-0.2, -0.15) is 5.10 Å². The fourth-order valence-corrected chi connectivity index (χ4v) is 2.75. The number of allylic oxidation sites excluding steroid dienone is 1. The highest BCUT2D eigenvalue weighted by Crippen LogP contribution is 2.20. The van der Waals surface area contributed by atoms with Crippen LogP contribution in [0.2, 0.25) is 0 Å². The molecule has 2 aromatic heterocycles. The van der Waals surface area contributed by atoms with Crippen molar-refractivity contribution in [3.8, 4) is 0 Å². The van der Waals surface area contributed by atoms with Gasteiger partial charge in [-0.3, -0.25) is 4.79 Å². The number of nitrogens with zero attached hydrogens (tertiary/aromatic N) is 3. The van der Waals surface area contributed by atoms with Crippen molar-refractivity contribution in [2.45, 2.75) is 45.6 Å². The summed E-state index contributed by atoms with van der Waals surface area (Å²) in [6.45, 7) is 3.99. The highest BCUT2D eigenvalue weighted by Gasteiger charge is 2.18. The first kappa shape index (κ1) is 13.8. The molecule has 3 rings (SSSR count). The number of rotatable bonds is 3. The molecule has 1 unspecified atom stereocenters. The van der Waals surface area contributed by atoms with Gasteiger partial charge in [0.05, 0.1) is 6.20 Å². The van der Waals surface area contributed by atoms with Crippen molar-refractivity contribution in [1.82, 2.24) is 19.9 Å². The monoisotopic (exact) mass is 284 g/mol. The molecule has 0 spiro atoms. The van der Waals surface area contributed by atoms with Crippen LogP contribution in [0.4, 0.5) is 0 Å². The van der Waals surface area contributed by atoms with E-state index in [0.29, 0.717) is 11.2 Å². The average molecular weight is 284 g/mol. The van der Waals surface area contributed by atoms with Gasteiger partial charge in [-0.25, -0.2) is 9.50 Å². The van der Waals surface area contributed by atoms with Crippen LogP contribution in [0.5, 0.6) is 0 Å². The van der Waals surface area contributed by atoms with Gasteiger partial charge in [0.15, 0.2) is 5.65 Å². The van der Waals surface area contributed by atoms with Crippen molar-refractivity contribution in [2.75, 3.05) is 0 Å². The van der Waals surface area contributed by atoms with Gasteiger partial charge in [-0.15, -0.1) is 0 Å². The van der Waals surface area contributed by atoms with Crippen molar-refractivity contribution >= 4 is 11.6 Å². The number of aryl methyl sites for hydroxylation is 1. The molecule has 0 saturated heterocycles. The first-order valence-corrected chi connectivity index (χ1v) is 7.45. The number of carbonyl (C=O) groups is 1. The SMILES string of the molecule is Cc1cnc2c(C(=O)NC(C)C3=CCCCC3)cnn2c1. The summed E-state index contributed by atoms with van der Waals surface area (Å²) in [5.74, 6) is -0.111. The average Bonchev–Trinajstić information content (AvgIpc) is 2.91. The Balaban J connectivity index is 1.79. The first-order valence-electron chi connectivity index (χ1n) is 7.45. The Morgan fingerprint density at radius 2 is 2.24 bits per heavy atom. The third-order valence-electron chi connectivity index (χ3n) is 3.96. The van der Waals surface area contributed by atoms with Crippen molar-refractivity contribution in [3.05, 3.63) is 41.4 Å². The Kier molecular flexibility index (Phi) is 3.73. The second kappa shape index (κ2) is 5.68. The second-order valence-corrected chi connectivity index (χ2v) is 5.68. The van der Waals surface area contributed by atoms with Crippen molar-refractivity contribution in [2.24, 2.45) is 0 Å². The van der Waals surface area contributed by atoms with Gasteiger partial charge in [0.2, 0.25) is 0 Å². The summed E-state index contributed by atoms with van der Waals surface area (Å²) in [6.07, 6.45) is 12.1. The highest BCUT2D eigenvalue weighted by molar-refractivity contribution is 5.99. The van der Waals surface area contributed by atoms with Crippen LogP contribution in [-0.4, -0.2) is 26.5 Å². The third-order valence-corrected chi connectivity index (χ3v) is 3.96. The van der Waals surface area contributed by atoms with Crippen LogP contribution >= 0.6 is 0 Å². The normalized spacial score (nSPS) is 16.6. The van der Waals surface area contributed by atoms with Gasteiger partial charge in [-0.05, 0) is 45.1 Å². The Morgan fingerprint density at radius 3 is 3.00 bits per heavy atom. The van der Waals surface area contributed by atoms with Crippen LogP contribution in [0.15, 0.2) is 30.2 Å². The molecule has 5 heteroatoms. The van der Waals surface area contributed by atoms with E-state index in [1.54, 1.807) is 16.9 Å². The number of amides is 1. The first-order chi connectivity index (χ1) is 10.1. The topological polar surface area (TPSA) is 59.3 Å². The van der Waals surface area contributed by atoms with E-state index in [1.165, 1.54) is 18.4 Å². The van der Waals surface area contributed by atoms with E-state index < -0.39 is 0 Å². The molecule has 1 amide bonds. The number of hydrogen-bond acceptors (Lipinski definition) is 3. The predicted molar refractivity (Wildman–Crippen MR) is 81.2 cm³/mol. The molecule has 1 aliphatic rings. The zero-order valence-electron chi connectivity index (χ0n) is 12.5. The molecule has 1 atom stereocenters. The molecule has 2 aromatic rings. The number of aromatic nitrogens is 3. The molecule has 21 heavy (non-hydrogen) atoms. The van der Waals surface area contributed by atoms with Crippen molar-refractivity contribution < 1.29 is 4.79 Å². The van der Waals surface area contributed by atoms with Gasteiger partial charge >= 0.3 is 0 Å². The molecule has 110 valence electrons. The molecule has 0 radical (unpaired) electrons. The summed E-state index contributed by atoms with van der Waals surface area (Å²) < 4.78 is 1.65. The maximum Gasteiger partial charge on any atom is 0.257 e. The number of carbonyl (C=O) groups excluding carboxylic acids is 1. The lowest BCUT2D eigenvalue weighted by molar-refractivity contribution is 0.0946. The van der Waals surface area contributed by atoms with Gasteiger partial charge < -0.3 is 5.32 Å². The summed E-state index contributed by atoms with van der Waals surface area (Å²) >= 11 is 0. The maximum atomic E-state index is 12.4. The van der Waals surface area contributed by atoms with Gasteiger partial charge in [-0.1, -0.05) is 11.6 Å². The predicted octanol–water partition coefficient (Wildman–Crippen LogP) is 2.66. The molecular weight excluding hydrogens is 264 g/mol. The van der Waals surface area contributed by atoms with Crippen LogP contribution in [-0.2, 0) is 0 Å². The molecule has 0 bridgehead atoms. The zero-order chi connectivity index (χ0) is 14.8. The lowest BCUT2D eigenvalue weighted by Crippen LogP contribution is -2.34. The summed E-state index contributed by atoms with van der Waals surface area (Å²) in [5.41, 5.74) is 3.47. The lowest BCUT2D eigenvalue weighted by atomic mass is 9.94. The molecule has 0 saturated carbocycles. The Bertz CT molecular complexity index is 701. The minimum absolute atomic E-state index is 0.0678. The van der Waals surface area contributed by atoms with E-state index in [1.807, 2.05) is 20.0 Å². The fourth-order valence-electron chi connectivity index (χ4n) is 2.75. The van der Waals surface area contributed by atoms with Crippen LogP contribution in [0.1, 0.15) is 48.5 Å². The van der Waals surface area contributed by atoms with Crippen molar-refractivity contribution in [3.63, 3.8) is 0 Å². The number of nitrogens with one attached hydrogen (secondary N) is 1. The standard InChI is InChI=1S/C16H20N4O/c1-11-8-17-15-14(9-18-20(15)10-11)16(21)19-12(2)13-6-4-3-5-7-13/h6,8-10,12H,3-5,7H2,1-2H3,(H,19,21). The fraction of sp³-hybridized carbons (Fsp3) is 0.438. The molecule has 0 aliphatic heterocycles. The Hall–Kier alpha value is -2.17. The van der Waals surface area contributed by atoms with E-state index in [2.05, 4.69) is 21.5 Å². The van der Waals surface area contributed by atoms with Crippen LogP contribution in [0.3, 0.4) is 0 Å². The van der Waals surface area contributed by atoms with E-state index in [-0.39, 0.29) is 11.9 Å². The molecule has 2 heterocycles. The summed E-state index contributed by atoms with van der Waals surface area (Å²) in [6, 6.07) is 0.0678. The second-order valence-electron chi connectivity index (χ2n) is 5.68. The largest absolute Gasteiger partial charge is 0.346 e. The molecule has 5 nitrogen and oxygen atoms in total. The summed E-state index contributed by atoms with van der Waals surface area (Å²) in [5, 5.41) is 7.26. The number of fused-ring (bicyclic) bond motifs is 1. The number of hydrogen-bond donors (Lipinski definition) is 1. The molecular formula is C16H20N4O. The Morgan fingerprint density at radius 1 is 1.38 bits per heavy atom. The van der Waals surface area contributed by atoms with Gasteiger partial charge in [0.1, 0.15) is 5.56 Å². The summed E-state index contributed by atoms with van der Waals surface area (Å²) in [4.78, 5) is 16.7. The molecule has 0 fully saturated rings. The molecule has 0 aromatic carbocycles. The van der Waals surface area contributed by atoms with Gasteiger partial charge in [0, 0.05) is 18.4 Å². The van der Waals surface area contributed by atoms with Gasteiger partial charge in [0.25, 0.3) is 5.91 Å². The van der Waals surface area contributed by atoms with Crippen LogP contribution in [0, 0.1) is 6.92 Å². The minimum Gasteiger partial charge on any atom is -0.346 e. The Labute approximate surface area is 124 Å². The van der Waals surface area contributed by atoms with E-state index in [0.717, 1.165) is 18.4 Å². The van der Waals surface area contributed by atoms with E-state index in [9.17, 15) is 4.79 Å². The maximum absolute atomic E-state index is 12.4. The molecule has 1 N–H and O–H groups in total. The van der Waals surface area contributed by atoms with Crippen LogP contribution < -0.4 is 5.32 Å². The van der Waals surface area contributed by atoms with Crippen molar-refractivity contribution in [1.29, 1.82) is 0 Å². The smallest absolute Gasteiger partial charge is 0.257 e. The highest BCUT2D eigenvalue weighted by atomic mass is 16.1. The van der Waals surface area contributed by atoms with E-state index >= 15 is 0 Å². The summed E-state index contributed by atoms with van der Waals surface area (Å²) in [7, 11) is 0. The quantitative estimate of drug-likeness (QED) is 0.881. The third kappa shape index (κ3) is 2.82. The van der Waals surface area contributed by atoms with E-state index in [4.69, 9.17) is 0 Å². The zero-order valence-corrected chi connectivity index (χ0v) is 12.5. The molecule has 1 aliphatic carbocycles. The lowest BCUT2D eigenvalue weighted by Gasteiger charge is -2.20.